The number of thiazole rings is 1. The van der Waals surface area contributed by atoms with Gasteiger partial charge in [-0.3, -0.25) is 0 Å². The number of hydrogen-bond donors (Lipinski definition) is 1. The fourth-order valence-corrected chi connectivity index (χ4v) is 2.72. The van der Waals surface area contributed by atoms with Gasteiger partial charge in [-0.25, -0.2) is 4.98 Å². The summed E-state index contributed by atoms with van der Waals surface area (Å²) >= 11 is 1.79. The van der Waals surface area contributed by atoms with Gasteiger partial charge >= 0.3 is 0 Å². The van der Waals surface area contributed by atoms with Gasteiger partial charge in [0.25, 0.3) is 0 Å². The monoisotopic (exact) mass is 210 g/mol. The van der Waals surface area contributed by atoms with Crippen LogP contribution in [0.3, 0.4) is 0 Å². The summed E-state index contributed by atoms with van der Waals surface area (Å²) in [6.07, 6.45) is 7.27. The Labute approximate surface area is 89.8 Å². The maximum Gasteiger partial charge on any atom is 0.110 e. The van der Waals surface area contributed by atoms with Gasteiger partial charge in [-0.15, -0.1) is 11.3 Å². The normalized spacial score (nSPS) is 19.2. The van der Waals surface area contributed by atoms with Crippen molar-refractivity contribution in [1.82, 2.24) is 10.3 Å². The Bertz CT molecular complexity index is 254. The summed E-state index contributed by atoms with van der Waals surface area (Å²) in [5.74, 6) is 0.840. The van der Waals surface area contributed by atoms with E-state index in [1.54, 1.807) is 11.3 Å². The smallest absolute Gasteiger partial charge is 0.110 e. The maximum atomic E-state index is 4.43. The Hall–Kier alpha value is -0.410. The molecule has 1 aliphatic carbocycles. The van der Waals surface area contributed by atoms with Gasteiger partial charge in [-0.2, -0.15) is 0 Å². The lowest BCUT2D eigenvalue weighted by Crippen LogP contribution is -2.32. The molecule has 14 heavy (non-hydrogen) atoms. The van der Waals surface area contributed by atoms with Crippen LogP contribution in [0.15, 0.2) is 11.6 Å². The lowest BCUT2D eigenvalue weighted by Gasteiger charge is -2.33. The van der Waals surface area contributed by atoms with Crippen molar-refractivity contribution >= 4 is 11.3 Å². The molecule has 0 saturated heterocycles. The van der Waals surface area contributed by atoms with Gasteiger partial charge in [0, 0.05) is 11.6 Å². The van der Waals surface area contributed by atoms with Crippen molar-refractivity contribution in [2.24, 2.45) is 5.92 Å². The summed E-state index contributed by atoms with van der Waals surface area (Å²) in [6, 6.07) is 0.531. The minimum Gasteiger partial charge on any atom is -0.308 e. The molecule has 0 bridgehead atoms. The van der Waals surface area contributed by atoms with Crippen molar-refractivity contribution in [1.29, 1.82) is 0 Å². The Kier molecular flexibility index (Phi) is 3.54. The summed E-state index contributed by atoms with van der Waals surface area (Å²) in [7, 11) is 0. The third kappa shape index (κ3) is 2.15. The molecule has 1 fully saturated rings. The van der Waals surface area contributed by atoms with Gasteiger partial charge in [-0.05, 0) is 31.7 Å². The quantitative estimate of drug-likeness (QED) is 0.808. The summed E-state index contributed by atoms with van der Waals surface area (Å²) in [5, 5.41) is 6.98. The fourth-order valence-electron chi connectivity index (χ4n) is 1.92. The number of nitrogens with zero attached hydrogens (tertiary/aromatic N) is 1. The number of rotatable bonds is 5. The SMILES string of the molecule is CCCNC(c1nccs1)C1CCC1. The third-order valence-electron chi connectivity index (χ3n) is 2.95. The third-order valence-corrected chi connectivity index (χ3v) is 3.81. The van der Waals surface area contributed by atoms with E-state index in [-0.39, 0.29) is 0 Å². The molecule has 0 aliphatic heterocycles. The Morgan fingerprint density at radius 3 is 3.00 bits per heavy atom. The van der Waals surface area contributed by atoms with Crippen molar-refractivity contribution in [2.75, 3.05) is 6.54 Å². The number of hydrogen-bond acceptors (Lipinski definition) is 3. The van der Waals surface area contributed by atoms with E-state index in [2.05, 4.69) is 22.6 Å². The zero-order chi connectivity index (χ0) is 9.80. The first-order chi connectivity index (χ1) is 6.92. The number of aromatic nitrogens is 1. The van der Waals surface area contributed by atoms with Gasteiger partial charge in [0.2, 0.25) is 0 Å². The van der Waals surface area contributed by atoms with Crippen molar-refractivity contribution in [3.05, 3.63) is 16.6 Å². The van der Waals surface area contributed by atoms with Gasteiger partial charge in [0.1, 0.15) is 5.01 Å². The molecule has 1 aromatic rings. The van der Waals surface area contributed by atoms with Crippen LogP contribution in [0.2, 0.25) is 0 Å². The van der Waals surface area contributed by atoms with Crippen LogP contribution >= 0.6 is 11.3 Å². The van der Waals surface area contributed by atoms with E-state index in [4.69, 9.17) is 0 Å². The minimum atomic E-state index is 0.531. The van der Waals surface area contributed by atoms with E-state index < -0.39 is 0 Å². The van der Waals surface area contributed by atoms with E-state index in [1.807, 2.05) is 6.20 Å². The molecule has 0 spiro atoms. The van der Waals surface area contributed by atoms with Crippen molar-refractivity contribution < 1.29 is 0 Å². The summed E-state index contributed by atoms with van der Waals surface area (Å²) in [4.78, 5) is 4.43. The topological polar surface area (TPSA) is 24.9 Å². The Morgan fingerprint density at radius 2 is 2.50 bits per heavy atom. The molecule has 0 radical (unpaired) electrons. The highest BCUT2D eigenvalue weighted by Gasteiger charge is 2.29. The Morgan fingerprint density at radius 1 is 1.64 bits per heavy atom. The van der Waals surface area contributed by atoms with Crippen LogP contribution in [0, 0.1) is 5.92 Å². The number of nitrogens with one attached hydrogen (secondary N) is 1. The van der Waals surface area contributed by atoms with E-state index in [1.165, 1.54) is 30.7 Å². The second-order valence-electron chi connectivity index (χ2n) is 3.99. The van der Waals surface area contributed by atoms with Gasteiger partial charge in [0.05, 0.1) is 6.04 Å². The van der Waals surface area contributed by atoms with Crippen LogP contribution in [0.4, 0.5) is 0 Å². The summed E-state index contributed by atoms with van der Waals surface area (Å²) in [5.41, 5.74) is 0. The zero-order valence-electron chi connectivity index (χ0n) is 8.70. The van der Waals surface area contributed by atoms with Gasteiger partial charge in [-0.1, -0.05) is 13.3 Å². The van der Waals surface area contributed by atoms with Crippen molar-refractivity contribution in [3.63, 3.8) is 0 Å². The molecule has 0 amide bonds. The first-order valence-corrected chi connectivity index (χ1v) is 6.42. The average molecular weight is 210 g/mol. The fraction of sp³-hybridized carbons (Fsp3) is 0.727. The van der Waals surface area contributed by atoms with Crippen LogP contribution in [0.1, 0.15) is 43.7 Å². The predicted octanol–water partition coefficient (Wildman–Crippen LogP) is 2.98. The Balaban J connectivity index is 1.98. The molecule has 78 valence electrons. The van der Waals surface area contributed by atoms with Crippen LogP contribution < -0.4 is 5.32 Å². The molecule has 1 heterocycles. The van der Waals surface area contributed by atoms with E-state index in [0.29, 0.717) is 6.04 Å². The van der Waals surface area contributed by atoms with Crippen molar-refractivity contribution in [2.45, 2.75) is 38.6 Å². The van der Waals surface area contributed by atoms with Crippen LogP contribution in [0.25, 0.3) is 0 Å². The first kappa shape index (κ1) is 10.1. The molecule has 0 aromatic carbocycles. The van der Waals surface area contributed by atoms with Crippen molar-refractivity contribution in [3.8, 4) is 0 Å². The second-order valence-corrected chi connectivity index (χ2v) is 4.92. The standard InChI is InChI=1S/C11H18N2S/c1-2-6-12-10(9-4-3-5-9)11-13-7-8-14-11/h7-10,12H,2-6H2,1H3. The average Bonchev–Trinajstić information content (AvgIpc) is 2.61. The minimum absolute atomic E-state index is 0.531. The molecule has 3 heteroatoms. The molecular weight excluding hydrogens is 192 g/mol. The molecule has 1 aromatic heterocycles. The molecule has 1 unspecified atom stereocenters. The lowest BCUT2D eigenvalue weighted by molar-refractivity contribution is 0.231. The van der Waals surface area contributed by atoms with Crippen LogP contribution in [-0.2, 0) is 0 Å². The van der Waals surface area contributed by atoms with E-state index >= 15 is 0 Å². The lowest BCUT2D eigenvalue weighted by atomic mass is 9.80. The zero-order valence-corrected chi connectivity index (χ0v) is 9.52. The maximum absolute atomic E-state index is 4.43. The van der Waals surface area contributed by atoms with Gasteiger partial charge < -0.3 is 5.32 Å². The highest BCUT2D eigenvalue weighted by Crippen LogP contribution is 2.38. The molecule has 1 atom stereocenters. The highest BCUT2D eigenvalue weighted by atomic mass is 32.1. The van der Waals surface area contributed by atoms with Crippen LogP contribution in [0.5, 0.6) is 0 Å². The highest BCUT2D eigenvalue weighted by molar-refractivity contribution is 7.09. The molecule has 1 saturated carbocycles. The predicted molar refractivity (Wildman–Crippen MR) is 60.5 cm³/mol. The molecule has 1 aliphatic rings. The second kappa shape index (κ2) is 4.89. The molecule has 2 rings (SSSR count). The molecule has 1 N–H and O–H groups in total. The molecule has 2 nitrogen and oxygen atoms in total. The summed E-state index contributed by atoms with van der Waals surface area (Å²) in [6.45, 7) is 3.33. The van der Waals surface area contributed by atoms with E-state index in [9.17, 15) is 0 Å². The van der Waals surface area contributed by atoms with Crippen LogP contribution in [-0.4, -0.2) is 11.5 Å². The first-order valence-electron chi connectivity index (χ1n) is 5.54. The summed E-state index contributed by atoms with van der Waals surface area (Å²) < 4.78 is 0. The van der Waals surface area contributed by atoms with Gasteiger partial charge in [0.15, 0.2) is 0 Å². The molecular formula is C11H18N2S. The van der Waals surface area contributed by atoms with E-state index in [0.717, 1.165) is 12.5 Å². The largest absolute Gasteiger partial charge is 0.308 e.